The zero-order valence-corrected chi connectivity index (χ0v) is 10.5. The van der Waals surface area contributed by atoms with Gasteiger partial charge in [-0.15, -0.1) is 0 Å². The van der Waals surface area contributed by atoms with Gasteiger partial charge in [0.1, 0.15) is 0 Å². The van der Waals surface area contributed by atoms with Gasteiger partial charge >= 0.3 is 5.97 Å². The maximum absolute atomic E-state index is 11.8. The van der Waals surface area contributed by atoms with E-state index in [4.69, 9.17) is 16.3 Å². The summed E-state index contributed by atoms with van der Waals surface area (Å²) in [7, 11) is 0. The molecule has 17 heavy (non-hydrogen) atoms. The van der Waals surface area contributed by atoms with Gasteiger partial charge in [-0.05, 0) is 24.6 Å². The van der Waals surface area contributed by atoms with Crippen LogP contribution in [0.5, 0.6) is 0 Å². The summed E-state index contributed by atoms with van der Waals surface area (Å²) in [6, 6.07) is 7.67. The highest BCUT2D eigenvalue weighted by atomic mass is 35.5. The molecule has 0 aromatic heterocycles. The number of hydrogen-bond acceptors (Lipinski definition) is 3. The number of rotatable bonds is 3. The number of esters is 1. The smallest absolute Gasteiger partial charge is 0.310 e. The lowest BCUT2D eigenvalue weighted by molar-refractivity contribution is -0.147. The molecule has 2 atom stereocenters. The second-order valence-electron chi connectivity index (χ2n) is 4.17. The van der Waals surface area contributed by atoms with E-state index in [-0.39, 0.29) is 17.8 Å². The molecule has 1 aliphatic rings. The first-order valence-electron chi connectivity index (χ1n) is 5.85. The van der Waals surface area contributed by atoms with E-state index in [9.17, 15) is 4.79 Å². The fourth-order valence-corrected chi connectivity index (χ4v) is 2.36. The van der Waals surface area contributed by atoms with Gasteiger partial charge in [0.2, 0.25) is 0 Å². The van der Waals surface area contributed by atoms with Gasteiger partial charge < -0.3 is 10.1 Å². The lowest BCUT2D eigenvalue weighted by atomic mass is 9.89. The summed E-state index contributed by atoms with van der Waals surface area (Å²) < 4.78 is 5.10. The first-order chi connectivity index (χ1) is 8.22. The van der Waals surface area contributed by atoms with Gasteiger partial charge in [-0.25, -0.2) is 0 Å². The van der Waals surface area contributed by atoms with Crippen LogP contribution in [0.1, 0.15) is 18.4 Å². The van der Waals surface area contributed by atoms with Crippen LogP contribution in [0.25, 0.3) is 0 Å². The number of nitrogens with one attached hydrogen (secondary N) is 1. The summed E-state index contributed by atoms with van der Waals surface area (Å²) in [4.78, 5) is 11.8. The maximum Gasteiger partial charge on any atom is 0.310 e. The van der Waals surface area contributed by atoms with E-state index in [1.54, 1.807) is 0 Å². The van der Waals surface area contributed by atoms with E-state index in [1.165, 1.54) is 0 Å². The molecule has 1 fully saturated rings. The van der Waals surface area contributed by atoms with E-state index in [2.05, 4.69) is 5.32 Å². The van der Waals surface area contributed by atoms with Gasteiger partial charge in [-0.1, -0.05) is 23.7 Å². The van der Waals surface area contributed by atoms with E-state index in [1.807, 2.05) is 31.2 Å². The molecule has 0 spiro atoms. The Hall–Kier alpha value is -1.06. The SMILES string of the molecule is CCOC(=O)C1CNCC1c1ccc(Cl)cc1. The molecule has 0 amide bonds. The van der Waals surface area contributed by atoms with Crippen molar-refractivity contribution >= 4 is 17.6 Å². The largest absolute Gasteiger partial charge is 0.466 e. The molecule has 0 bridgehead atoms. The Morgan fingerprint density at radius 1 is 1.41 bits per heavy atom. The van der Waals surface area contributed by atoms with Gasteiger partial charge in [0.15, 0.2) is 0 Å². The third-order valence-corrected chi connectivity index (χ3v) is 3.35. The average molecular weight is 254 g/mol. The quantitative estimate of drug-likeness (QED) is 0.840. The molecule has 1 aromatic rings. The molecule has 4 heteroatoms. The Labute approximate surface area is 106 Å². The lowest BCUT2D eigenvalue weighted by Gasteiger charge is -2.17. The Balaban J connectivity index is 2.14. The van der Waals surface area contributed by atoms with Crippen LogP contribution in [0.4, 0.5) is 0 Å². The van der Waals surface area contributed by atoms with Crippen molar-refractivity contribution in [3.8, 4) is 0 Å². The first-order valence-corrected chi connectivity index (χ1v) is 6.23. The standard InChI is InChI=1S/C13H16ClNO2/c1-2-17-13(16)12-8-15-7-11(12)9-3-5-10(14)6-4-9/h3-6,11-12,15H,2,7-8H2,1H3. The number of carbonyl (C=O) groups excluding carboxylic acids is 1. The van der Waals surface area contributed by atoms with Crippen LogP contribution in [-0.4, -0.2) is 25.7 Å². The van der Waals surface area contributed by atoms with Crippen LogP contribution in [0.2, 0.25) is 5.02 Å². The topological polar surface area (TPSA) is 38.3 Å². The summed E-state index contributed by atoms with van der Waals surface area (Å²) in [5, 5.41) is 3.96. The molecule has 1 heterocycles. The number of ether oxygens (including phenoxy) is 1. The predicted octanol–water partition coefficient (Wildman–Crippen LogP) is 2.21. The van der Waals surface area contributed by atoms with Crippen molar-refractivity contribution in [2.75, 3.05) is 19.7 Å². The Bertz CT molecular complexity index is 391. The van der Waals surface area contributed by atoms with Crippen molar-refractivity contribution in [3.63, 3.8) is 0 Å². The minimum atomic E-state index is -0.113. The molecule has 0 aliphatic carbocycles. The van der Waals surface area contributed by atoms with E-state index in [0.29, 0.717) is 18.2 Å². The fraction of sp³-hybridized carbons (Fsp3) is 0.462. The number of benzene rings is 1. The molecule has 92 valence electrons. The van der Waals surface area contributed by atoms with Crippen LogP contribution in [0.15, 0.2) is 24.3 Å². The van der Waals surface area contributed by atoms with E-state index < -0.39 is 0 Å². The van der Waals surface area contributed by atoms with Crippen LogP contribution in [0, 0.1) is 5.92 Å². The van der Waals surface area contributed by atoms with Crippen LogP contribution >= 0.6 is 11.6 Å². The summed E-state index contributed by atoms with van der Waals surface area (Å²) in [5.74, 6) is -0.0140. The van der Waals surface area contributed by atoms with Gasteiger partial charge in [0.05, 0.1) is 12.5 Å². The second-order valence-corrected chi connectivity index (χ2v) is 4.61. The van der Waals surface area contributed by atoms with E-state index >= 15 is 0 Å². The third kappa shape index (κ3) is 2.79. The second kappa shape index (κ2) is 5.52. The van der Waals surface area contributed by atoms with Crippen molar-refractivity contribution in [2.24, 2.45) is 5.92 Å². The lowest BCUT2D eigenvalue weighted by Crippen LogP contribution is -2.24. The van der Waals surface area contributed by atoms with Gasteiger partial charge in [-0.2, -0.15) is 0 Å². The highest BCUT2D eigenvalue weighted by Crippen LogP contribution is 2.29. The summed E-state index contributed by atoms with van der Waals surface area (Å²) >= 11 is 5.86. The first kappa shape index (κ1) is 12.4. The highest BCUT2D eigenvalue weighted by Gasteiger charge is 2.34. The van der Waals surface area contributed by atoms with Crippen LogP contribution in [0.3, 0.4) is 0 Å². The van der Waals surface area contributed by atoms with E-state index in [0.717, 1.165) is 12.1 Å². The molecule has 2 rings (SSSR count). The minimum absolute atomic E-state index is 0.0869. The normalized spacial score (nSPS) is 23.6. The van der Waals surface area contributed by atoms with Crippen LogP contribution < -0.4 is 5.32 Å². The van der Waals surface area contributed by atoms with Crippen molar-refractivity contribution in [1.29, 1.82) is 0 Å². The fourth-order valence-electron chi connectivity index (χ4n) is 2.24. The van der Waals surface area contributed by atoms with Gasteiger partial charge in [0.25, 0.3) is 0 Å². The van der Waals surface area contributed by atoms with Crippen molar-refractivity contribution in [3.05, 3.63) is 34.9 Å². The Morgan fingerprint density at radius 2 is 2.12 bits per heavy atom. The highest BCUT2D eigenvalue weighted by molar-refractivity contribution is 6.30. The zero-order valence-electron chi connectivity index (χ0n) is 9.78. The molecule has 0 radical (unpaired) electrons. The number of carbonyl (C=O) groups is 1. The number of halogens is 1. The maximum atomic E-state index is 11.8. The Morgan fingerprint density at radius 3 is 2.76 bits per heavy atom. The molecule has 1 saturated heterocycles. The zero-order chi connectivity index (χ0) is 12.3. The average Bonchev–Trinajstić information content (AvgIpc) is 2.79. The third-order valence-electron chi connectivity index (χ3n) is 3.10. The molecule has 1 N–H and O–H groups in total. The summed E-state index contributed by atoms with van der Waals surface area (Å²) in [6.45, 7) is 3.76. The molecule has 1 aromatic carbocycles. The van der Waals surface area contributed by atoms with Crippen molar-refractivity contribution in [1.82, 2.24) is 5.32 Å². The molecular weight excluding hydrogens is 238 g/mol. The molecule has 1 aliphatic heterocycles. The monoisotopic (exact) mass is 253 g/mol. The summed E-state index contributed by atoms with van der Waals surface area (Å²) in [6.07, 6.45) is 0. The van der Waals surface area contributed by atoms with Gasteiger partial charge in [0, 0.05) is 24.0 Å². The minimum Gasteiger partial charge on any atom is -0.466 e. The van der Waals surface area contributed by atoms with Gasteiger partial charge in [-0.3, -0.25) is 4.79 Å². The Kier molecular flexibility index (Phi) is 4.02. The number of hydrogen-bond donors (Lipinski definition) is 1. The predicted molar refractivity (Wildman–Crippen MR) is 67.2 cm³/mol. The summed E-state index contributed by atoms with van der Waals surface area (Å²) in [5.41, 5.74) is 1.14. The molecule has 0 saturated carbocycles. The van der Waals surface area contributed by atoms with Crippen LogP contribution in [-0.2, 0) is 9.53 Å². The van der Waals surface area contributed by atoms with Crippen molar-refractivity contribution in [2.45, 2.75) is 12.8 Å². The molecular formula is C13H16ClNO2. The molecule has 2 unspecified atom stereocenters. The molecule has 3 nitrogen and oxygen atoms in total. The van der Waals surface area contributed by atoms with Crippen molar-refractivity contribution < 1.29 is 9.53 Å².